The van der Waals surface area contributed by atoms with Crippen molar-refractivity contribution in [3.05, 3.63) is 0 Å². The summed E-state index contributed by atoms with van der Waals surface area (Å²) in [7, 11) is 0. The molecule has 0 bridgehead atoms. The third-order valence-corrected chi connectivity index (χ3v) is 3.59. The molecule has 1 aliphatic carbocycles. The molecule has 0 aliphatic heterocycles. The number of hydrogen-bond acceptors (Lipinski definition) is 2. The predicted octanol–water partition coefficient (Wildman–Crippen LogP) is 1.03. The molecule has 3 N–H and O–H groups in total. The molecule has 1 unspecified atom stereocenters. The van der Waals surface area contributed by atoms with Crippen molar-refractivity contribution >= 4 is 29.1 Å². The van der Waals surface area contributed by atoms with Crippen molar-refractivity contribution in [2.45, 2.75) is 30.6 Å². The molecular weight excluding hydrogens is 211 g/mol. The Morgan fingerprint density at radius 1 is 1.69 bits per heavy atom. The van der Waals surface area contributed by atoms with E-state index in [1.165, 1.54) is 0 Å². The number of amides is 1. The molecule has 3 nitrogen and oxygen atoms in total. The Labute approximate surface area is 87.9 Å². The minimum absolute atomic E-state index is 0.0333. The van der Waals surface area contributed by atoms with Crippen LogP contribution in [0.4, 0.5) is 0 Å². The number of halogens is 2. The summed E-state index contributed by atoms with van der Waals surface area (Å²) in [5.41, 5.74) is 4.73. The molecule has 0 heterocycles. The Bertz CT molecular complexity index is 232. The van der Waals surface area contributed by atoms with Crippen LogP contribution in [-0.2, 0) is 4.79 Å². The molecule has 1 saturated carbocycles. The summed E-state index contributed by atoms with van der Waals surface area (Å²) >= 11 is 11.7. The first kappa shape index (κ1) is 11.1. The number of alkyl halides is 2. The molecule has 1 rings (SSSR count). The van der Waals surface area contributed by atoms with Gasteiger partial charge < -0.3 is 11.1 Å². The van der Waals surface area contributed by atoms with Gasteiger partial charge in [-0.1, -0.05) is 0 Å². The zero-order chi connectivity index (χ0) is 10.3. The molecule has 1 amide bonds. The van der Waals surface area contributed by atoms with Gasteiger partial charge in [0.2, 0.25) is 5.91 Å². The smallest absolute Gasteiger partial charge is 0.229 e. The van der Waals surface area contributed by atoms with E-state index < -0.39 is 9.75 Å². The summed E-state index contributed by atoms with van der Waals surface area (Å²) in [5, 5.41) is 2.75. The second kappa shape index (κ2) is 3.30. The van der Waals surface area contributed by atoms with Crippen LogP contribution in [0.5, 0.6) is 0 Å². The summed E-state index contributed by atoms with van der Waals surface area (Å²) in [5.74, 6) is -0.115. The van der Waals surface area contributed by atoms with Crippen LogP contribution in [0, 0.1) is 5.41 Å². The second-order valence-electron chi connectivity index (χ2n) is 3.82. The van der Waals surface area contributed by atoms with E-state index in [1.807, 2.05) is 6.92 Å². The lowest BCUT2D eigenvalue weighted by molar-refractivity contribution is -0.126. The molecule has 0 saturated heterocycles. The van der Waals surface area contributed by atoms with E-state index in [-0.39, 0.29) is 11.9 Å². The van der Waals surface area contributed by atoms with E-state index in [2.05, 4.69) is 5.32 Å². The van der Waals surface area contributed by atoms with Crippen molar-refractivity contribution in [3.8, 4) is 0 Å². The van der Waals surface area contributed by atoms with Crippen LogP contribution in [0.15, 0.2) is 0 Å². The largest absolute Gasteiger partial charge is 0.352 e. The van der Waals surface area contributed by atoms with Crippen molar-refractivity contribution in [3.63, 3.8) is 0 Å². The topological polar surface area (TPSA) is 55.1 Å². The van der Waals surface area contributed by atoms with E-state index in [0.717, 1.165) is 0 Å². The molecule has 76 valence electrons. The zero-order valence-corrected chi connectivity index (χ0v) is 9.24. The zero-order valence-electron chi connectivity index (χ0n) is 7.73. The average Bonchev–Trinajstić information content (AvgIpc) is 2.52. The highest BCUT2D eigenvalue weighted by atomic mass is 35.5. The highest BCUT2D eigenvalue weighted by molar-refractivity contribution is 6.53. The maximum atomic E-state index is 11.6. The monoisotopic (exact) mass is 224 g/mol. The maximum absolute atomic E-state index is 11.6. The first-order valence-electron chi connectivity index (χ1n) is 4.22. The lowest BCUT2D eigenvalue weighted by atomic mass is 10.1. The number of carbonyl (C=O) groups excluding carboxylic acids is 1. The lowest BCUT2D eigenvalue weighted by Crippen LogP contribution is -2.42. The van der Waals surface area contributed by atoms with Crippen LogP contribution in [0.3, 0.4) is 0 Å². The van der Waals surface area contributed by atoms with Crippen molar-refractivity contribution < 1.29 is 4.79 Å². The Morgan fingerprint density at radius 2 is 2.15 bits per heavy atom. The minimum atomic E-state index is -0.897. The third-order valence-electron chi connectivity index (χ3n) is 2.49. The van der Waals surface area contributed by atoms with Gasteiger partial charge in [0.1, 0.15) is 4.33 Å². The van der Waals surface area contributed by atoms with Crippen LogP contribution in [-0.4, -0.2) is 22.8 Å². The Morgan fingerprint density at radius 3 is 2.46 bits per heavy atom. The normalized spacial score (nSPS) is 32.4. The second-order valence-corrected chi connectivity index (χ2v) is 5.31. The van der Waals surface area contributed by atoms with Crippen molar-refractivity contribution in [1.82, 2.24) is 5.32 Å². The highest BCUT2D eigenvalue weighted by Crippen LogP contribution is 2.63. The van der Waals surface area contributed by atoms with Crippen LogP contribution in [0.25, 0.3) is 0 Å². The summed E-state index contributed by atoms with van der Waals surface area (Å²) in [6, 6.07) is -0.0333. The van der Waals surface area contributed by atoms with Gasteiger partial charge in [-0.15, -0.1) is 23.2 Å². The van der Waals surface area contributed by atoms with Gasteiger partial charge >= 0.3 is 0 Å². The molecule has 0 aromatic carbocycles. The molecule has 0 aromatic heterocycles. The quantitative estimate of drug-likeness (QED) is 0.705. The molecule has 1 aliphatic rings. The average molecular weight is 225 g/mol. The van der Waals surface area contributed by atoms with Crippen molar-refractivity contribution in [2.75, 3.05) is 6.54 Å². The van der Waals surface area contributed by atoms with E-state index in [1.54, 1.807) is 6.92 Å². The van der Waals surface area contributed by atoms with Gasteiger partial charge in [0.25, 0.3) is 0 Å². The van der Waals surface area contributed by atoms with Crippen LogP contribution in [0.2, 0.25) is 0 Å². The van der Waals surface area contributed by atoms with Crippen LogP contribution in [0.1, 0.15) is 20.3 Å². The predicted molar refractivity (Wildman–Crippen MR) is 53.8 cm³/mol. The molecule has 1 fully saturated rings. The van der Waals surface area contributed by atoms with E-state index >= 15 is 0 Å². The number of nitrogens with two attached hydrogens (primary N) is 1. The van der Waals surface area contributed by atoms with Crippen molar-refractivity contribution in [2.24, 2.45) is 11.1 Å². The SMILES string of the molecule is C[C@H](CN)NC(=O)C1(C)CC1(Cl)Cl. The van der Waals surface area contributed by atoms with Gasteiger partial charge in [-0.2, -0.15) is 0 Å². The standard InChI is InChI=1S/C8H14Cl2N2O/c1-5(3-11)12-6(13)7(2)4-8(7,9)10/h5H,3-4,11H2,1-2H3,(H,12,13)/t5-,7?/m1/s1. The summed E-state index contributed by atoms with van der Waals surface area (Å²) in [4.78, 5) is 11.6. The molecule has 2 atom stereocenters. The van der Waals surface area contributed by atoms with Gasteiger partial charge in [0.05, 0.1) is 5.41 Å². The van der Waals surface area contributed by atoms with E-state index in [9.17, 15) is 4.79 Å². The van der Waals surface area contributed by atoms with Gasteiger partial charge in [0.15, 0.2) is 0 Å². The number of rotatable bonds is 3. The number of nitrogens with one attached hydrogen (secondary N) is 1. The Balaban J connectivity index is 2.51. The third kappa shape index (κ3) is 1.92. The number of hydrogen-bond donors (Lipinski definition) is 2. The molecule has 5 heteroatoms. The first-order valence-corrected chi connectivity index (χ1v) is 4.98. The summed E-state index contributed by atoms with van der Waals surface area (Å²) < 4.78 is -0.897. The Hall–Kier alpha value is 0.01000. The van der Waals surface area contributed by atoms with Crippen LogP contribution >= 0.6 is 23.2 Å². The minimum Gasteiger partial charge on any atom is -0.352 e. The van der Waals surface area contributed by atoms with Gasteiger partial charge in [-0.3, -0.25) is 4.79 Å². The number of carbonyl (C=O) groups is 1. The fourth-order valence-electron chi connectivity index (χ4n) is 1.09. The lowest BCUT2D eigenvalue weighted by Gasteiger charge is -2.16. The first-order chi connectivity index (χ1) is 5.83. The molecule has 0 aromatic rings. The summed E-state index contributed by atoms with van der Waals surface area (Å²) in [6.07, 6.45) is 0.506. The molecular formula is C8H14Cl2N2O. The molecule has 0 spiro atoms. The fraction of sp³-hybridized carbons (Fsp3) is 0.875. The van der Waals surface area contributed by atoms with Gasteiger partial charge in [-0.25, -0.2) is 0 Å². The van der Waals surface area contributed by atoms with Crippen molar-refractivity contribution in [1.29, 1.82) is 0 Å². The van der Waals surface area contributed by atoms with Crippen LogP contribution < -0.4 is 11.1 Å². The van der Waals surface area contributed by atoms with E-state index in [4.69, 9.17) is 28.9 Å². The molecule has 13 heavy (non-hydrogen) atoms. The van der Waals surface area contributed by atoms with Gasteiger partial charge in [0, 0.05) is 12.6 Å². The summed E-state index contributed by atoms with van der Waals surface area (Å²) in [6.45, 7) is 4.01. The molecule has 0 radical (unpaired) electrons. The highest BCUT2D eigenvalue weighted by Gasteiger charge is 2.67. The fourth-order valence-corrected chi connectivity index (χ4v) is 1.79. The Kier molecular flexibility index (Phi) is 2.81. The van der Waals surface area contributed by atoms with Gasteiger partial charge in [-0.05, 0) is 20.3 Å². The maximum Gasteiger partial charge on any atom is 0.229 e. The van der Waals surface area contributed by atoms with E-state index in [0.29, 0.717) is 13.0 Å².